The van der Waals surface area contributed by atoms with Crippen LogP contribution in [0, 0.1) is 11.8 Å². The number of nitrogens with one attached hydrogen (secondary N) is 2. The van der Waals surface area contributed by atoms with Crippen molar-refractivity contribution >= 4 is 35.1 Å². The molecule has 2 N–H and O–H groups in total. The summed E-state index contributed by atoms with van der Waals surface area (Å²) in [6.07, 6.45) is 3.75. The number of amides is 2. The van der Waals surface area contributed by atoms with Crippen molar-refractivity contribution < 1.29 is 19.1 Å². The minimum atomic E-state index is -0.664. The van der Waals surface area contributed by atoms with Gasteiger partial charge in [0.1, 0.15) is 11.6 Å². The van der Waals surface area contributed by atoms with Crippen LogP contribution in [0.3, 0.4) is 0 Å². The number of carbonyl (C=O) groups is 2. The molecule has 2 heterocycles. The molecule has 11 heteroatoms. The molecule has 0 fully saturated rings. The number of aromatic nitrogens is 3. The highest BCUT2D eigenvalue weighted by atomic mass is 35.5. The van der Waals surface area contributed by atoms with Crippen LogP contribution in [0.2, 0.25) is 5.28 Å². The van der Waals surface area contributed by atoms with Gasteiger partial charge in [0.05, 0.1) is 24.6 Å². The second kappa shape index (κ2) is 12.8. The van der Waals surface area contributed by atoms with E-state index in [0.29, 0.717) is 42.3 Å². The summed E-state index contributed by atoms with van der Waals surface area (Å²) >= 11 is 5.94. The number of likely N-dealkylation sites (N-methyl/N-ethyl adjacent to an activating group) is 1. The Balaban J connectivity index is 1.86. The van der Waals surface area contributed by atoms with E-state index in [9.17, 15) is 9.59 Å². The molecule has 0 aliphatic heterocycles. The molecular weight excluding hydrogens is 472 g/mol. The monoisotopic (exact) mass is 502 g/mol. The molecule has 0 spiro atoms. The van der Waals surface area contributed by atoms with Crippen molar-refractivity contribution in [2.75, 3.05) is 26.0 Å². The zero-order valence-electron chi connectivity index (χ0n) is 20.8. The molecule has 0 radical (unpaired) electrons. The molecule has 10 nitrogen and oxygen atoms in total. The maximum atomic E-state index is 12.4. The number of hydrogen-bond donors (Lipinski definition) is 2. The van der Waals surface area contributed by atoms with Gasteiger partial charge in [-0.2, -0.15) is 4.98 Å². The predicted octanol–water partition coefficient (Wildman–Crippen LogP) is 3.78. The maximum Gasteiger partial charge on any atom is 0.410 e. The summed E-state index contributed by atoms with van der Waals surface area (Å²) in [5, 5.41) is 6.03. The summed E-state index contributed by atoms with van der Waals surface area (Å²) in [6.45, 7) is 7.38. The van der Waals surface area contributed by atoms with E-state index in [1.165, 1.54) is 18.1 Å². The van der Waals surface area contributed by atoms with Crippen LogP contribution in [-0.2, 0) is 9.53 Å². The summed E-state index contributed by atoms with van der Waals surface area (Å²) in [4.78, 5) is 38.1. The standard InChI is InChI=1S/C24H31ClN6O4/c1-16(31(5)23(33)35-24(2,3)4)21(32)26-13-9-7-8-10-17-14-28-22(25)30-20(17)29-18-11-12-19(34-6)27-15-18/h11-12,14-16H,7,9,13H2,1-6H3,(H,26,32)(H,28,29,30)/t16-/m0/s1. The Morgan fingerprint density at radius 2 is 1.97 bits per heavy atom. The lowest BCUT2D eigenvalue weighted by Gasteiger charge is -2.28. The Morgan fingerprint density at radius 1 is 1.23 bits per heavy atom. The summed E-state index contributed by atoms with van der Waals surface area (Å²) in [7, 11) is 3.08. The predicted molar refractivity (Wildman–Crippen MR) is 134 cm³/mol. The van der Waals surface area contributed by atoms with E-state index < -0.39 is 17.7 Å². The van der Waals surface area contributed by atoms with Crippen LogP contribution >= 0.6 is 11.6 Å². The molecule has 1 atom stereocenters. The lowest BCUT2D eigenvalue weighted by atomic mass is 10.2. The third-order valence-corrected chi connectivity index (χ3v) is 4.79. The highest BCUT2D eigenvalue weighted by Gasteiger charge is 2.26. The summed E-state index contributed by atoms with van der Waals surface area (Å²) < 4.78 is 10.3. The van der Waals surface area contributed by atoms with Gasteiger partial charge in [0.15, 0.2) is 5.82 Å². The molecule has 188 valence electrons. The summed E-state index contributed by atoms with van der Waals surface area (Å²) in [5.41, 5.74) is 0.634. The SMILES string of the molecule is COc1ccc(Nc2nc(Cl)ncc2C#CCCCNC(=O)[C@H](C)N(C)C(=O)OC(C)(C)C)cn1. The maximum absolute atomic E-state index is 12.4. The molecule has 0 unspecified atom stereocenters. The molecule has 0 aliphatic carbocycles. The average molecular weight is 503 g/mol. The molecule has 2 rings (SSSR count). The first kappa shape index (κ1) is 27.7. The van der Waals surface area contributed by atoms with Crippen LogP contribution in [0.15, 0.2) is 24.5 Å². The fourth-order valence-corrected chi connectivity index (χ4v) is 2.75. The van der Waals surface area contributed by atoms with Crippen molar-refractivity contribution in [1.82, 2.24) is 25.2 Å². The number of anilines is 2. The lowest BCUT2D eigenvalue weighted by molar-refractivity contribution is -0.125. The van der Waals surface area contributed by atoms with Gasteiger partial charge in [-0.05, 0) is 51.8 Å². The van der Waals surface area contributed by atoms with Gasteiger partial charge in [-0.25, -0.2) is 14.8 Å². The third-order valence-electron chi connectivity index (χ3n) is 4.61. The minimum Gasteiger partial charge on any atom is -0.481 e. The van der Waals surface area contributed by atoms with E-state index in [-0.39, 0.29) is 11.2 Å². The molecule has 2 amide bonds. The molecule has 0 bridgehead atoms. The fourth-order valence-electron chi connectivity index (χ4n) is 2.62. The van der Waals surface area contributed by atoms with E-state index >= 15 is 0 Å². The van der Waals surface area contributed by atoms with Gasteiger partial charge in [0.2, 0.25) is 17.1 Å². The smallest absolute Gasteiger partial charge is 0.410 e. The average Bonchev–Trinajstić information content (AvgIpc) is 2.80. The van der Waals surface area contributed by atoms with Crippen molar-refractivity contribution in [3.63, 3.8) is 0 Å². The van der Waals surface area contributed by atoms with Crippen LogP contribution in [0.5, 0.6) is 5.88 Å². The first-order valence-corrected chi connectivity index (χ1v) is 11.4. The highest BCUT2D eigenvalue weighted by molar-refractivity contribution is 6.28. The third kappa shape index (κ3) is 9.29. The second-order valence-electron chi connectivity index (χ2n) is 8.58. The number of rotatable bonds is 8. The van der Waals surface area contributed by atoms with Crippen molar-refractivity contribution in [2.24, 2.45) is 0 Å². The van der Waals surface area contributed by atoms with Gasteiger partial charge in [-0.1, -0.05) is 11.8 Å². The van der Waals surface area contributed by atoms with E-state index in [2.05, 4.69) is 37.4 Å². The van der Waals surface area contributed by atoms with Crippen molar-refractivity contribution in [1.29, 1.82) is 0 Å². The van der Waals surface area contributed by atoms with E-state index in [1.807, 2.05) is 0 Å². The van der Waals surface area contributed by atoms with Crippen molar-refractivity contribution in [2.45, 2.75) is 52.2 Å². The Morgan fingerprint density at radius 3 is 2.60 bits per heavy atom. The molecule has 35 heavy (non-hydrogen) atoms. The molecule has 0 aromatic carbocycles. The summed E-state index contributed by atoms with van der Waals surface area (Å²) in [6, 6.07) is 2.85. The van der Waals surface area contributed by atoms with Crippen LogP contribution < -0.4 is 15.4 Å². The number of pyridine rings is 1. The topological polar surface area (TPSA) is 119 Å². The Labute approximate surface area is 210 Å². The fraction of sp³-hybridized carbons (Fsp3) is 0.458. The molecular formula is C24H31ClN6O4. The number of ether oxygens (including phenoxy) is 2. The van der Waals surface area contributed by atoms with Crippen LogP contribution in [0.25, 0.3) is 0 Å². The van der Waals surface area contributed by atoms with Crippen LogP contribution in [-0.4, -0.2) is 64.2 Å². The van der Waals surface area contributed by atoms with Gasteiger partial charge < -0.3 is 20.1 Å². The number of hydrogen-bond acceptors (Lipinski definition) is 8. The van der Waals surface area contributed by atoms with Gasteiger partial charge in [-0.15, -0.1) is 0 Å². The normalized spacial score (nSPS) is 11.5. The van der Waals surface area contributed by atoms with E-state index in [0.717, 1.165) is 0 Å². The number of halogens is 1. The molecule has 0 aliphatic rings. The Hall–Kier alpha value is -3.58. The van der Waals surface area contributed by atoms with E-state index in [4.69, 9.17) is 21.1 Å². The van der Waals surface area contributed by atoms with Crippen LogP contribution in [0.1, 0.15) is 46.1 Å². The number of carbonyl (C=O) groups excluding carboxylic acids is 2. The van der Waals surface area contributed by atoms with E-state index in [1.54, 1.807) is 53.1 Å². The first-order chi connectivity index (χ1) is 16.5. The zero-order valence-corrected chi connectivity index (χ0v) is 21.6. The first-order valence-electron chi connectivity index (χ1n) is 11.0. The van der Waals surface area contributed by atoms with Gasteiger partial charge in [0.25, 0.3) is 0 Å². The number of methoxy groups -OCH3 is 1. The largest absolute Gasteiger partial charge is 0.481 e. The quantitative estimate of drug-likeness (QED) is 0.318. The number of unbranched alkanes of at least 4 members (excludes halogenated alkanes) is 1. The molecule has 2 aromatic heterocycles. The van der Waals surface area contributed by atoms with Gasteiger partial charge in [-0.3, -0.25) is 9.69 Å². The van der Waals surface area contributed by atoms with Gasteiger partial charge >= 0.3 is 6.09 Å². The van der Waals surface area contributed by atoms with Gasteiger partial charge in [0, 0.05) is 32.3 Å². The molecule has 2 aromatic rings. The minimum absolute atomic E-state index is 0.0905. The van der Waals surface area contributed by atoms with Crippen molar-refractivity contribution in [3.8, 4) is 17.7 Å². The van der Waals surface area contributed by atoms with Crippen LogP contribution in [0.4, 0.5) is 16.3 Å². The molecule has 0 saturated heterocycles. The zero-order chi connectivity index (χ0) is 26.0. The highest BCUT2D eigenvalue weighted by Crippen LogP contribution is 2.20. The second-order valence-corrected chi connectivity index (χ2v) is 8.92. The Bertz CT molecular complexity index is 1080. The molecule has 0 saturated carbocycles. The lowest BCUT2D eigenvalue weighted by Crippen LogP contribution is -2.47. The summed E-state index contributed by atoms with van der Waals surface area (Å²) in [5.74, 6) is 6.76. The number of nitrogens with zero attached hydrogens (tertiary/aromatic N) is 4. The van der Waals surface area contributed by atoms with Crippen molar-refractivity contribution in [3.05, 3.63) is 35.4 Å². The Kier molecular flexibility index (Phi) is 10.1.